The highest BCUT2D eigenvalue weighted by Gasteiger charge is 2.27. The van der Waals surface area contributed by atoms with Crippen molar-refractivity contribution < 1.29 is 14.8 Å². The summed E-state index contributed by atoms with van der Waals surface area (Å²) in [5.74, 6) is -0.303. The lowest BCUT2D eigenvalue weighted by atomic mass is 10.3. The SMILES string of the molecule is N#Cc1nc(N(CC(=O)O)CC2CC2)ccc1[N+](=O)[O-]. The number of carbonyl (C=O) groups is 1. The maximum atomic E-state index is 10.9. The molecule has 8 heteroatoms. The third-order valence-electron chi connectivity index (χ3n) is 2.99. The van der Waals surface area contributed by atoms with E-state index in [1.165, 1.54) is 17.0 Å². The molecule has 1 saturated carbocycles. The molecule has 0 radical (unpaired) electrons. The molecule has 1 N–H and O–H groups in total. The van der Waals surface area contributed by atoms with E-state index in [-0.39, 0.29) is 23.7 Å². The molecule has 1 fully saturated rings. The Morgan fingerprint density at radius 2 is 2.30 bits per heavy atom. The fourth-order valence-corrected chi connectivity index (χ4v) is 1.86. The predicted octanol–water partition coefficient (Wildman–Crippen LogP) is 1.16. The second-order valence-corrected chi connectivity index (χ2v) is 4.62. The average Bonchev–Trinajstić information content (AvgIpc) is 3.20. The predicted molar refractivity (Wildman–Crippen MR) is 68.2 cm³/mol. The number of aromatic nitrogens is 1. The second kappa shape index (κ2) is 5.52. The molecule has 0 bridgehead atoms. The van der Waals surface area contributed by atoms with Crippen molar-refractivity contribution in [1.29, 1.82) is 5.26 Å². The molecular formula is C12H12N4O4. The van der Waals surface area contributed by atoms with Gasteiger partial charge in [-0.3, -0.25) is 14.9 Å². The molecule has 1 aromatic heterocycles. The molecule has 0 spiro atoms. The van der Waals surface area contributed by atoms with E-state index in [4.69, 9.17) is 10.4 Å². The van der Waals surface area contributed by atoms with Crippen LogP contribution in [0.25, 0.3) is 0 Å². The van der Waals surface area contributed by atoms with E-state index in [1.54, 1.807) is 6.07 Å². The van der Waals surface area contributed by atoms with Gasteiger partial charge in [-0.2, -0.15) is 5.26 Å². The van der Waals surface area contributed by atoms with Gasteiger partial charge in [-0.25, -0.2) is 4.98 Å². The number of carboxylic acid groups (broad SMARTS) is 1. The minimum absolute atomic E-state index is 0.244. The molecule has 1 aliphatic rings. The van der Waals surface area contributed by atoms with Crippen LogP contribution in [-0.4, -0.2) is 34.1 Å². The first-order chi connectivity index (χ1) is 9.51. The number of nitrogens with zero attached hydrogens (tertiary/aromatic N) is 4. The van der Waals surface area contributed by atoms with E-state index in [9.17, 15) is 14.9 Å². The Bertz CT molecular complexity index is 592. The van der Waals surface area contributed by atoms with Gasteiger partial charge in [0, 0.05) is 12.6 Å². The highest BCUT2D eigenvalue weighted by molar-refractivity contribution is 5.73. The maximum Gasteiger partial charge on any atom is 0.323 e. The Labute approximate surface area is 114 Å². The van der Waals surface area contributed by atoms with Gasteiger partial charge >= 0.3 is 11.7 Å². The van der Waals surface area contributed by atoms with Gasteiger partial charge in [0.25, 0.3) is 0 Å². The first-order valence-corrected chi connectivity index (χ1v) is 6.03. The van der Waals surface area contributed by atoms with Crippen LogP contribution >= 0.6 is 0 Å². The van der Waals surface area contributed by atoms with Gasteiger partial charge in [0.15, 0.2) is 0 Å². The van der Waals surface area contributed by atoms with Crippen molar-refractivity contribution in [2.75, 3.05) is 18.0 Å². The number of pyridine rings is 1. The Hall–Kier alpha value is -2.69. The molecular weight excluding hydrogens is 264 g/mol. The summed E-state index contributed by atoms with van der Waals surface area (Å²) in [6, 6.07) is 4.23. The number of rotatable bonds is 6. The molecule has 0 aliphatic heterocycles. The van der Waals surface area contributed by atoms with E-state index in [0.717, 1.165) is 12.8 Å². The summed E-state index contributed by atoms with van der Waals surface area (Å²) in [6.45, 7) is 0.286. The van der Waals surface area contributed by atoms with Crippen molar-refractivity contribution in [2.24, 2.45) is 5.92 Å². The molecule has 8 nitrogen and oxygen atoms in total. The third-order valence-corrected chi connectivity index (χ3v) is 2.99. The quantitative estimate of drug-likeness (QED) is 0.611. The lowest BCUT2D eigenvalue weighted by Crippen LogP contribution is -2.32. The minimum Gasteiger partial charge on any atom is -0.480 e. The van der Waals surface area contributed by atoms with E-state index in [2.05, 4.69) is 4.98 Å². The van der Waals surface area contributed by atoms with Crippen molar-refractivity contribution in [3.8, 4) is 6.07 Å². The van der Waals surface area contributed by atoms with Crippen LogP contribution in [-0.2, 0) is 4.79 Å². The van der Waals surface area contributed by atoms with Crippen LogP contribution < -0.4 is 4.90 Å². The molecule has 0 unspecified atom stereocenters. The molecule has 0 atom stereocenters. The topological polar surface area (TPSA) is 120 Å². The largest absolute Gasteiger partial charge is 0.480 e. The molecule has 1 heterocycles. The zero-order valence-electron chi connectivity index (χ0n) is 10.5. The molecule has 104 valence electrons. The number of nitriles is 1. The van der Waals surface area contributed by atoms with E-state index in [0.29, 0.717) is 12.5 Å². The summed E-state index contributed by atoms with van der Waals surface area (Å²) in [6.07, 6.45) is 2.07. The normalized spacial score (nSPS) is 13.6. The first kappa shape index (κ1) is 13.7. The lowest BCUT2D eigenvalue weighted by Gasteiger charge is -2.21. The van der Waals surface area contributed by atoms with Crippen LogP contribution in [0.4, 0.5) is 11.5 Å². The van der Waals surface area contributed by atoms with Gasteiger partial charge in [-0.05, 0) is 24.8 Å². The smallest absolute Gasteiger partial charge is 0.323 e. The van der Waals surface area contributed by atoms with Crippen molar-refractivity contribution in [3.05, 3.63) is 27.9 Å². The summed E-state index contributed by atoms with van der Waals surface area (Å²) in [5, 5.41) is 28.5. The molecule has 0 amide bonds. The zero-order chi connectivity index (χ0) is 14.7. The summed E-state index contributed by atoms with van der Waals surface area (Å²) < 4.78 is 0. The van der Waals surface area contributed by atoms with Gasteiger partial charge in [0.1, 0.15) is 18.4 Å². The summed E-state index contributed by atoms with van der Waals surface area (Å²) >= 11 is 0. The minimum atomic E-state index is -1.01. The summed E-state index contributed by atoms with van der Waals surface area (Å²) in [5.41, 5.74) is -0.684. The van der Waals surface area contributed by atoms with Crippen LogP contribution in [0.5, 0.6) is 0 Å². The van der Waals surface area contributed by atoms with Crippen LogP contribution in [0.1, 0.15) is 18.5 Å². The van der Waals surface area contributed by atoms with Gasteiger partial charge in [0.05, 0.1) is 4.92 Å². The van der Waals surface area contributed by atoms with Crippen molar-refractivity contribution in [3.63, 3.8) is 0 Å². The fourth-order valence-electron chi connectivity index (χ4n) is 1.86. The fraction of sp³-hybridized carbons (Fsp3) is 0.417. The van der Waals surface area contributed by atoms with E-state index >= 15 is 0 Å². The van der Waals surface area contributed by atoms with Crippen LogP contribution in [0, 0.1) is 27.4 Å². The Balaban J connectivity index is 2.30. The average molecular weight is 276 g/mol. The van der Waals surface area contributed by atoms with Gasteiger partial charge < -0.3 is 10.0 Å². The van der Waals surface area contributed by atoms with Crippen LogP contribution in [0.3, 0.4) is 0 Å². The number of carboxylic acids is 1. The molecule has 1 aromatic rings. The monoisotopic (exact) mass is 276 g/mol. The number of nitro groups is 1. The Kier molecular flexibility index (Phi) is 3.79. The summed E-state index contributed by atoms with van der Waals surface area (Å²) in [4.78, 5) is 26.4. The number of aliphatic carboxylic acids is 1. The standard InChI is InChI=1S/C12H12N4O4/c13-5-9-10(16(19)20)3-4-11(14-9)15(7-12(17)18)6-8-1-2-8/h3-4,8H,1-2,6-7H2,(H,17,18). The third kappa shape index (κ3) is 3.20. The number of anilines is 1. The molecule has 20 heavy (non-hydrogen) atoms. The Morgan fingerprint density at radius 1 is 1.60 bits per heavy atom. The first-order valence-electron chi connectivity index (χ1n) is 6.03. The second-order valence-electron chi connectivity index (χ2n) is 4.62. The lowest BCUT2D eigenvalue weighted by molar-refractivity contribution is -0.385. The highest BCUT2D eigenvalue weighted by Crippen LogP contribution is 2.31. The van der Waals surface area contributed by atoms with Gasteiger partial charge in [-0.15, -0.1) is 0 Å². The number of hydrogen-bond donors (Lipinski definition) is 1. The zero-order valence-corrected chi connectivity index (χ0v) is 10.5. The maximum absolute atomic E-state index is 10.9. The molecule has 1 aliphatic carbocycles. The molecule has 2 rings (SSSR count). The van der Waals surface area contributed by atoms with Crippen molar-refractivity contribution in [2.45, 2.75) is 12.8 Å². The van der Waals surface area contributed by atoms with Gasteiger partial charge in [0.2, 0.25) is 5.69 Å². The van der Waals surface area contributed by atoms with E-state index in [1.807, 2.05) is 0 Å². The van der Waals surface area contributed by atoms with Crippen LogP contribution in [0.2, 0.25) is 0 Å². The van der Waals surface area contributed by atoms with Gasteiger partial charge in [-0.1, -0.05) is 0 Å². The van der Waals surface area contributed by atoms with Crippen LogP contribution in [0.15, 0.2) is 12.1 Å². The van der Waals surface area contributed by atoms with Crippen molar-refractivity contribution in [1.82, 2.24) is 4.98 Å². The number of hydrogen-bond acceptors (Lipinski definition) is 6. The highest BCUT2D eigenvalue weighted by atomic mass is 16.6. The molecule has 0 aromatic carbocycles. The Morgan fingerprint density at radius 3 is 2.80 bits per heavy atom. The summed E-state index contributed by atoms with van der Waals surface area (Å²) in [7, 11) is 0. The van der Waals surface area contributed by atoms with Crippen molar-refractivity contribution >= 4 is 17.5 Å². The van der Waals surface area contributed by atoms with E-state index < -0.39 is 10.9 Å². The molecule has 0 saturated heterocycles.